The van der Waals surface area contributed by atoms with Crippen molar-refractivity contribution in [2.75, 3.05) is 46.4 Å². The Morgan fingerprint density at radius 1 is 1.19 bits per heavy atom. The van der Waals surface area contributed by atoms with Crippen LogP contribution < -0.4 is 10.6 Å². The second kappa shape index (κ2) is 9.07. The minimum absolute atomic E-state index is 0.538. The second-order valence-electron chi connectivity index (χ2n) is 8.41. The first-order chi connectivity index (χ1) is 13.3. The van der Waals surface area contributed by atoms with Crippen molar-refractivity contribution in [2.24, 2.45) is 16.8 Å². The molecule has 0 radical (unpaired) electrons. The fourth-order valence-electron chi connectivity index (χ4n) is 4.55. The summed E-state index contributed by atoms with van der Waals surface area (Å²) >= 11 is 0. The Morgan fingerprint density at radius 2 is 2.00 bits per heavy atom. The molecule has 0 spiro atoms. The van der Waals surface area contributed by atoms with Gasteiger partial charge in [-0.15, -0.1) is 0 Å². The number of aliphatic imine (C=N–C) groups is 1. The number of nitrogens with zero attached hydrogens (tertiary/aromatic N) is 2. The number of hydrogen-bond acceptors (Lipinski definition) is 3. The highest BCUT2D eigenvalue weighted by molar-refractivity contribution is 5.80. The number of benzene rings is 1. The van der Waals surface area contributed by atoms with Gasteiger partial charge in [-0.05, 0) is 49.0 Å². The van der Waals surface area contributed by atoms with Crippen LogP contribution in [0.4, 0.5) is 0 Å². The van der Waals surface area contributed by atoms with Crippen LogP contribution in [0.15, 0.2) is 35.3 Å². The van der Waals surface area contributed by atoms with Crippen LogP contribution in [-0.4, -0.2) is 63.3 Å². The van der Waals surface area contributed by atoms with E-state index in [2.05, 4.69) is 50.9 Å². The van der Waals surface area contributed by atoms with Crippen molar-refractivity contribution in [1.29, 1.82) is 0 Å². The number of nitrogens with one attached hydrogen (secondary N) is 2. The Morgan fingerprint density at radius 3 is 2.70 bits per heavy atom. The highest BCUT2D eigenvalue weighted by Crippen LogP contribution is 2.46. The van der Waals surface area contributed by atoms with Crippen molar-refractivity contribution >= 4 is 5.96 Å². The lowest BCUT2D eigenvalue weighted by molar-refractivity contribution is 0.150. The van der Waals surface area contributed by atoms with E-state index in [0.717, 1.165) is 43.5 Å². The molecule has 4 rings (SSSR count). The summed E-state index contributed by atoms with van der Waals surface area (Å²) in [6.45, 7) is 6.51. The van der Waals surface area contributed by atoms with Gasteiger partial charge in [0.1, 0.15) is 0 Å². The van der Waals surface area contributed by atoms with Crippen LogP contribution in [0.5, 0.6) is 0 Å². The van der Waals surface area contributed by atoms with Gasteiger partial charge in [0.25, 0.3) is 0 Å². The molecule has 2 aliphatic heterocycles. The zero-order valence-corrected chi connectivity index (χ0v) is 16.6. The molecule has 0 bridgehead atoms. The highest BCUT2D eigenvalue weighted by atomic mass is 16.5. The average molecular weight is 371 g/mol. The maximum Gasteiger partial charge on any atom is 0.191 e. The van der Waals surface area contributed by atoms with Gasteiger partial charge >= 0.3 is 0 Å². The molecule has 3 aliphatic rings. The third kappa shape index (κ3) is 5.23. The molecule has 148 valence electrons. The minimum Gasteiger partial charge on any atom is -0.381 e. The summed E-state index contributed by atoms with van der Waals surface area (Å²) in [5, 5.41) is 7.20. The Kier molecular flexibility index (Phi) is 6.30. The molecular weight excluding hydrogens is 336 g/mol. The van der Waals surface area contributed by atoms with E-state index in [1.807, 2.05) is 7.05 Å². The number of ether oxygens (including phenoxy) is 1. The molecule has 2 heterocycles. The molecule has 1 aliphatic carbocycles. The quantitative estimate of drug-likeness (QED) is 0.597. The smallest absolute Gasteiger partial charge is 0.191 e. The van der Waals surface area contributed by atoms with E-state index in [0.29, 0.717) is 6.04 Å². The van der Waals surface area contributed by atoms with Gasteiger partial charge in [-0.25, -0.2) is 0 Å². The monoisotopic (exact) mass is 370 g/mol. The maximum absolute atomic E-state index is 5.51. The molecule has 3 atom stereocenters. The summed E-state index contributed by atoms with van der Waals surface area (Å²) in [7, 11) is 1.88. The van der Waals surface area contributed by atoms with Crippen molar-refractivity contribution in [3.63, 3.8) is 0 Å². The SMILES string of the molecule is CN=C(NCC1CC1c1ccccc1)NC1CCN(CC2CCOC2)CC1. The molecule has 3 fully saturated rings. The third-order valence-corrected chi connectivity index (χ3v) is 6.37. The molecule has 3 unspecified atom stereocenters. The second-order valence-corrected chi connectivity index (χ2v) is 8.41. The van der Waals surface area contributed by atoms with Crippen molar-refractivity contribution in [3.05, 3.63) is 35.9 Å². The van der Waals surface area contributed by atoms with Crippen LogP contribution in [0.3, 0.4) is 0 Å². The molecule has 5 heteroatoms. The van der Waals surface area contributed by atoms with E-state index in [1.165, 1.54) is 50.9 Å². The molecule has 1 aromatic carbocycles. The number of hydrogen-bond donors (Lipinski definition) is 2. The van der Waals surface area contributed by atoms with Crippen LogP contribution >= 0.6 is 0 Å². The predicted molar refractivity (Wildman–Crippen MR) is 110 cm³/mol. The predicted octanol–water partition coefficient (Wildman–Crippen LogP) is 2.46. The summed E-state index contributed by atoms with van der Waals surface area (Å²) in [6.07, 6.45) is 4.92. The number of guanidine groups is 1. The average Bonchev–Trinajstić information content (AvgIpc) is 3.32. The summed E-state index contributed by atoms with van der Waals surface area (Å²) in [4.78, 5) is 7.06. The Bertz CT molecular complexity index is 606. The number of rotatable bonds is 6. The van der Waals surface area contributed by atoms with Crippen molar-refractivity contribution < 1.29 is 4.74 Å². The maximum atomic E-state index is 5.51. The lowest BCUT2D eigenvalue weighted by Gasteiger charge is -2.34. The van der Waals surface area contributed by atoms with Gasteiger partial charge in [-0.2, -0.15) is 0 Å². The third-order valence-electron chi connectivity index (χ3n) is 6.37. The minimum atomic E-state index is 0.538. The van der Waals surface area contributed by atoms with E-state index in [9.17, 15) is 0 Å². The topological polar surface area (TPSA) is 48.9 Å². The molecule has 2 N–H and O–H groups in total. The van der Waals surface area contributed by atoms with E-state index >= 15 is 0 Å². The number of likely N-dealkylation sites (tertiary alicyclic amines) is 1. The fraction of sp³-hybridized carbons (Fsp3) is 0.682. The van der Waals surface area contributed by atoms with Gasteiger partial charge in [0.05, 0.1) is 6.61 Å². The zero-order valence-electron chi connectivity index (χ0n) is 16.6. The Hall–Kier alpha value is -1.59. The molecule has 2 saturated heterocycles. The highest BCUT2D eigenvalue weighted by Gasteiger charge is 2.38. The first-order valence-electron chi connectivity index (χ1n) is 10.6. The molecular formula is C22H34N4O. The van der Waals surface area contributed by atoms with Crippen molar-refractivity contribution in [2.45, 2.75) is 37.6 Å². The Labute approximate surface area is 163 Å². The first-order valence-corrected chi connectivity index (χ1v) is 10.6. The van der Waals surface area contributed by atoms with E-state index < -0.39 is 0 Å². The summed E-state index contributed by atoms with van der Waals surface area (Å²) in [6, 6.07) is 11.4. The number of piperidine rings is 1. The van der Waals surface area contributed by atoms with E-state index in [1.54, 1.807) is 0 Å². The lowest BCUT2D eigenvalue weighted by atomic mass is 10.0. The molecule has 0 aromatic heterocycles. The molecule has 1 saturated carbocycles. The normalized spacial score (nSPS) is 29.7. The molecule has 27 heavy (non-hydrogen) atoms. The van der Waals surface area contributed by atoms with Gasteiger partial charge in [0.2, 0.25) is 0 Å². The van der Waals surface area contributed by atoms with Crippen LogP contribution in [0.25, 0.3) is 0 Å². The lowest BCUT2D eigenvalue weighted by Crippen LogP contribution is -2.49. The van der Waals surface area contributed by atoms with Crippen LogP contribution in [-0.2, 0) is 4.74 Å². The first kappa shape index (κ1) is 18.8. The summed E-state index contributed by atoms with van der Waals surface area (Å²) < 4.78 is 5.51. The van der Waals surface area contributed by atoms with Crippen molar-refractivity contribution in [1.82, 2.24) is 15.5 Å². The van der Waals surface area contributed by atoms with Crippen LogP contribution in [0.1, 0.15) is 37.2 Å². The fourth-order valence-corrected chi connectivity index (χ4v) is 4.55. The summed E-state index contributed by atoms with van der Waals surface area (Å²) in [5.74, 6) is 3.18. The van der Waals surface area contributed by atoms with Gasteiger partial charge in [0.15, 0.2) is 5.96 Å². The summed E-state index contributed by atoms with van der Waals surface area (Å²) in [5.41, 5.74) is 1.48. The van der Waals surface area contributed by atoms with Crippen LogP contribution in [0, 0.1) is 11.8 Å². The van der Waals surface area contributed by atoms with Gasteiger partial charge < -0.3 is 20.3 Å². The molecule has 5 nitrogen and oxygen atoms in total. The largest absolute Gasteiger partial charge is 0.381 e. The Balaban J connectivity index is 1.15. The molecule has 0 amide bonds. The van der Waals surface area contributed by atoms with Crippen LogP contribution in [0.2, 0.25) is 0 Å². The molecule has 1 aromatic rings. The van der Waals surface area contributed by atoms with Gasteiger partial charge in [0, 0.05) is 45.9 Å². The van der Waals surface area contributed by atoms with E-state index in [4.69, 9.17) is 4.74 Å². The van der Waals surface area contributed by atoms with Gasteiger partial charge in [-0.3, -0.25) is 4.99 Å². The van der Waals surface area contributed by atoms with E-state index in [-0.39, 0.29) is 0 Å². The van der Waals surface area contributed by atoms with Crippen molar-refractivity contribution in [3.8, 4) is 0 Å². The standard InChI is InChI=1S/C22H34N4O/c1-23-22(24-14-19-13-21(19)18-5-3-2-4-6-18)25-20-7-10-26(11-8-20)15-17-9-12-27-16-17/h2-6,17,19-21H,7-16H2,1H3,(H2,23,24,25). The van der Waals surface area contributed by atoms with Gasteiger partial charge in [-0.1, -0.05) is 30.3 Å². The zero-order chi connectivity index (χ0) is 18.5.